The minimum absolute atomic E-state index is 0.0241. The molecule has 9 nitrogen and oxygen atoms in total. The molecule has 2 aromatic carbocycles. The summed E-state index contributed by atoms with van der Waals surface area (Å²) in [5, 5.41) is 3.35. The lowest BCUT2D eigenvalue weighted by molar-refractivity contribution is 0.402. The van der Waals surface area contributed by atoms with Gasteiger partial charge in [0.2, 0.25) is 28.9 Å². The van der Waals surface area contributed by atoms with E-state index >= 15 is 8.78 Å². The van der Waals surface area contributed by atoms with Gasteiger partial charge >= 0.3 is 0 Å². The molecule has 208 valence electrons. The van der Waals surface area contributed by atoms with Crippen molar-refractivity contribution in [2.45, 2.75) is 43.8 Å². The summed E-state index contributed by atoms with van der Waals surface area (Å²) in [5.41, 5.74) is 7.28. The number of nitrogens with two attached hydrogens (primary N) is 1. The molecule has 0 saturated heterocycles. The highest BCUT2D eigenvalue weighted by atomic mass is 32.2. The summed E-state index contributed by atoms with van der Waals surface area (Å²) < 4.78 is 59.7. The Balaban J connectivity index is 1.41. The number of benzene rings is 2. The van der Waals surface area contributed by atoms with Gasteiger partial charge < -0.3 is 15.8 Å². The average molecular weight is 567 g/mol. The predicted molar refractivity (Wildman–Crippen MR) is 148 cm³/mol. The zero-order chi connectivity index (χ0) is 28.1. The van der Waals surface area contributed by atoms with Gasteiger partial charge in [-0.1, -0.05) is 36.4 Å². The van der Waals surface area contributed by atoms with E-state index in [1.165, 1.54) is 18.3 Å². The van der Waals surface area contributed by atoms with Crippen molar-refractivity contribution in [1.29, 1.82) is 0 Å². The summed E-state index contributed by atoms with van der Waals surface area (Å²) >= 11 is -2.48. The van der Waals surface area contributed by atoms with Crippen LogP contribution in [0.5, 0.6) is 11.6 Å². The molecule has 2 heterocycles. The molecule has 5 rings (SSSR count). The van der Waals surface area contributed by atoms with Gasteiger partial charge in [0.15, 0.2) is 11.6 Å². The number of ether oxygens (including phenoxy) is 1. The Morgan fingerprint density at radius 1 is 0.950 bits per heavy atom. The molecule has 40 heavy (non-hydrogen) atoms. The molecule has 1 fully saturated rings. The number of aromatic nitrogens is 3. The second-order valence-corrected chi connectivity index (χ2v) is 10.2. The highest BCUT2D eigenvalue weighted by Gasteiger charge is 2.25. The average Bonchev–Trinajstić information content (AvgIpc) is 2.97. The SMILES string of the molecule is NC1CCC(Nc2nccc(-c3cccnc3Oc3ccc(C(NS(=O)O)c4ccccc4)c(F)c3F)n2)CC1. The van der Waals surface area contributed by atoms with Crippen molar-refractivity contribution in [2.75, 3.05) is 5.32 Å². The van der Waals surface area contributed by atoms with Gasteiger partial charge in [-0.25, -0.2) is 28.3 Å². The van der Waals surface area contributed by atoms with Crippen molar-refractivity contribution < 1.29 is 22.3 Å². The highest BCUT2D eigenvalue weighted by Crippen LogP contribution is 2.35. The standard InChI is InChI=1S/C28H28F2N6O3S/c29-24-21(26(36-40(37)38)17-5-2-1-3-6-17)12-13-23(25(24)30)39-27-20(7-4-15-32-27)22-14-16-33-28(35-22)34-19-10-8-18(31)9-11-19/h1-7,12-16,18-19,26,36H,8-11,31H2,(H,37,38)(H,33,34,35). The van der Waals surface area contributed by atoms with Crippen molar-refractivity contribution in [3.63, 3.8) is 0 Å². The predicted octanol–water partition coefficient (Wildman–Crippen LogP) is 5.11. The molecule has 2 atom stereocenters. The van der Waals surface area contributed by atoms with Gasteiger partial charge in [0, 0.05) is 30.0 Å². The van der Waals surface area contributed by atoms with Gasteiger partial charge in [-0.3, -0.25) is 4.55 Å². The molecule has 1 aliphatic rings. The normalized spacial score (nSPS) is 18.6. The van der Waals surface area contributed by atoms with Crippen LogP contribution in [0, 0.1) is 11.6 Å². The molecule has 1 saturated carbocycles. The number of halogens is 2. The van der Waals surface area contributed by atoms with Crippen LogP contribution >= 0.6 is 0 Å². The quantitative estimate of drug-likeness (QED) is 0.205. The number of rotatable bonds is 9. The molecule has 0 bridgehead atoms. The van der Waals surface area contributed by atoms with Crippen molar-refractivity contribution in [3.8, 4) is 22.9 Å². The number of nitrogens with one attached hydrogen (secondary N) is 2. The summed E-state index contributed by atoms with van der Waals surface area (Å²) in [6, 6.07) is 15.4. The minimum Gasteiger partial charge on any atom is -0.435 e. The Hall–Kier alpha value is -3.84. The number of anilines is 1. The van der Waals surface area contributed by atoms with Crippen molar-refractivity contribution >= 4 is 17.2 Å². The number of nitrogens with zero attached hydrogens (tertiary/aromatic N) is 3. The van der Waals surface area contributed by atoms with Crippen molar-refractivity contribution in [1.82, 2.24) is 19.7 Å². The third-order valence-corrected chi connectivity index (χ3v) is 7.19. The topological polar surface area (TPSA) is 135 Å². The molecule has 5 N–H and O–H groups in total. The minimum atomic E-state index is -2.48. The number of pyridine rings is 1. The summed E-state index contributed by atoms with van der Waals surface area (Å²) in [6.45, 7) is 0. The maximum Gasteiger partial charge on any atom is 0.232 e. The molecule has 0 amide bonds. The molecule has 2 unspecified atom stereocenters. The summed E-state index contributed by atoms with van der Waals surface area (Å²) in [5.74, 6) is -2.42. The van der Waals surface area contributed by atoms with E-state index in [1.807, 2.05) is 0 Å². The van der Waals surface area contributed by atoms with Crippen LogP contribution in [0.3, 0.4) is 0 Å². The number of hydrogen-bond donors (Lipinski definition) is 4. The fourth-order valence-corrected chi connectivity index (χ4v) is 5.17. The van der Waals surface area contributed by atoms with Crippen LogP contribution in [0.1, 0.15) is 42.9 Å². The molecule has 0 aliphatic heterocycles. The Labute approximate surface area is 232 Å². The fourth-order valence-electron chi connectivity index (χ4n) is 4.70. The van der Waals surface area contributed by atoms with Crippen LogP contribution < -0.4 is 20.5 Å². The Bertz CT molecular complexity index is 1490. The summed E-state index contributed by atoms with van der Waals surface area (Å²) in [6.07, 6.45) is 6.78. The first-order valence-electron chi connectivity index (χ1n) is 12.8. The molecular formula is C28H28F2N6O3S. The first kappa shape index (κ1) is 27.7. The lowest BCUT2D eigenvalue weighted by Gasteiger charge is -2.26. The highest BCUT2D eigenvalue weighted by molar-refractivity contribution is 7.77. The Morgan fingerprint density at radius 2 is 1.73 bits per heavy atom. The van der Waals surface area contributed by atoms with E-state index in [9.17, 15) is 8.76 Å². The van der Waals surface area contributed by atoms with Crippen LogP contribution in [0.25, 0.3) is 11.3 Å². The van der Waals surface area contributed by atoms with Gasteiger partial charge in [-0.05, 0) is 55.5 Å². The molecule has 1 aliphatic carbocycles. The Morgan fingerprint density at radius 3 is 2.48 bits per heavy atom. The van der Waals surface area contributed by atoms with Crippen LogP contribution in [-0.2, 0) is 11.3 Å². The van der Waals surface area contributed by atoms with E-state index in [4.69, 9.17) is 10.5 Å². The van der Waals surface area contributed by atoms with E-state index in [-0.39, 0.29) is 23.5 Å². The lowest BCUT2D eigenvalue weighted by Crippen LogP contribution is -2.33. The zero-order valence-corrected chi connectivity index (χ0v) is 22.2. The van der Waals surface area contributed by atoms with Crippen LogP contribution in [0.2, 0.25) is 0 Å². The van der Waals surface area contributed by atoms with Crippen molar-refractivity contribution in [2.24, 2.45) is 5.73 Å². The third kappa shape index (κ3) is 6.48. The smallest absolute Gasteiger partial charge is 0.232 e. The van der Waals surface area contributed by atoms with E-state index in [1.54, 1.807) is 54.7 Å². The van der Waals surface area contributed by atoms with Crippen molar-refractivity contribution in [3.05, 3.63) is 95.8 Å². The molecule has 12 heteroatoms. The van der Waals surface area contributed by atoms with E-state index in [0.717, 1.165) is 25.7 Å². The Kier molecular flexibility index (Phi) is 8.70. The second-order valence-electron chi connectivity index (χ2n) is 9.47. The summed E-state index contributed by atoms with van der Waals surface area (Å²) in [4.78, 5) is 13.1. The van der Waals surface area contributed by atoms with Crippen LogP contribution in [0.4, 0.5) is 14.7 Å². The lowest BCUT2D eigenvalue weighted by atomic mass is 9.92. The van der Waals surface area contributed by atoms with Crippen LogP contribution in [-0.4, -0.2) is 35.8 Å². The summed E-state index contributed by atoms with van der Waals surface area (Å²) in [7, 11) is 0. The maximum absolute atomic E-state index is 15.3. The molecular weight excluding hydrogens is 538 g/mol. The van der Waals surface area contributed by atoms with E-state index in [0.29, 0.717) is 22.8 Å². The first-order valence-corrected chi connectivity index (χ1v) is 13.9. The van der Waals surface area contributed by atoms with Gasteiger partial charge in [0.25, 0.3) is 0 Å². The zero-order valence-electron chi connectivity index (χ0n) is 21.3. The molecule has 0 spiro atoms. The van der Waals surface area contributed by atoms with Gasteiger partial charge in [0.05, 0.1) is 17.3 Å². The second kappa shape index (κ2) is 12.6. The van der Waals surface area contributed by atoms with E-state index in [2.05, 4.69) is 25.0 Å². The molecule has 0 radical (unpaired) electrons. The first-order chi connectivity index (χ1) is 19.4. The van der Waals surface area contributed by atoms with Gasteiger partial charge in [0.1, 0.15) is 0 Å². The fraction of sp³-hybridized carbons (Fsp3) is 0.250. The largest absolute Gasteiger partial charge is 0.435 e. The van der Waals surface area contributed by atoms with Crippen LogP contribution in [0.15, 0.2) is 73.1 Å². The van der Waals surface area contributed by atoms with E-state index < -0.39 is 34.7 Å². The monoisotopic (exact) mass is 566 g/mol. The maximum atomic E-state index is 15.3. The molecule has 2 aromatic heterocycles. The number of hydrogen-bond acceptors (Lipinski definition) is 7. The van der Waals surface area contributed by atoms with Gasteiger partial charge in [-0.2, -0.15) is 4.39 Å². The molecule has 4 aromatic rings. The van der Waals surface area contributed by atoms with Gasteiger partial charge in [-0.15, -0.1) is 0 Å². The third-order valence-electron chi connectivity index (χ3n) is 6.75.